The van der Waals surface area contributed by atoms with Crippen LogP contribution in [0.5, 0.6) is 0 Å². The molecule has 0 aliphatic heterocycles. The maximum absolute atomic E-state index is 12.8. The highest BCUT2D eigenvalue weighted by atomic mass is 35.5. The number of hydrogen-bond acceptors (Lipinski definition) is 5. The number of nitrogens with zero attached hydrogens (tertiary/aromatic N) is 1. The molecule has 1 aromatic carbocycles. The molecule has 10 heteroatoms. The molecular weight excluding hydrogens is 386 g/mol. The van der Waals surface area contributed by atoms with Gasteiger partial charge in [-0.1, -0.05) is 26.0 Å². The van der Waals surface area contributed by atoms with Gasteiger partial charge in [0.15, 0.2) is 0 Å². The molecule has 1 rings (SSSR count). The van der Waals surface area contributed by atoms with Gasteiger partial charge in [0, 0.05) is 26.2 Å². The number of hydrogen-bond donors (Lipinski definition) is 2. The molecule has 0 fully saturated rings. The number of halogens is 1. The lowest BCUT2D eigenvalue weighted by Gasteiger charge is -2.31. The summed E-state index contributed by atoms with van der Waals surface area (Å²) in [5.41, 5.74) is 4.90. The Kier molecular flexibility index (Phi) is 8.54. The van der Waals surface area contributed by atoms with Crippen molar-refractivity contribution in [1.29, 1.82) is 0 Å². The zero-order chi connectivity index (χ0) is 18.8. The van der Waals surface area contributed by atoms with Gasteiger partial charge in [-0.05, 0) is 31.4 Å². The van der Waals surface area contributed by atoms with E-state index in [1.807, 2.05) is 13.8 Å². The van der Waals surface area contributed by atoms with E-state index in [-0.39, 0.29) is 34.7 Å². The quantitative estimate of drug-likeness (QED) is 0.669. The first kappa shape index (κ1) is 24.3. The highest BCUT2D eigenvalue weighted by Gasteiger charge is 2.34. The van der Waals surface area contributed by atoms with E-state index in [4.69, 9.17) is 5.73 Å². The summed E-state index contributed by atoms with van der Waals surface area (Å²) in [7, 11) is -5.24. The van der Waals surface area contributed by atoms with E-state index in [1.165, 1.54) is 38.4 Å². The summed E-state index contributed by atoms with van der Waals surface area (Å²) >= 11 is 0. The van der Waals surface area contributed by atoms with Gasteiger partial charge in [-0.3, -0.25) is 0 Å². The van der Waals surface area contributed by atoms with Crippen LogP contribution in [0.1, 0.15) is 27.2 Å². The molecule has 0 radical (unpaired) electrons. The van der Waals surface area contributed by atoms with Gasteiger partial charge in [0.2, 0.25) is 20.0 Å². The van der Waals surface area contributed by atoms with Gasteiger partial charge in [-0.15, -0.1) is 12.4 Å². The summed E-state index contributed by atoms with van der Waals surface area (Å²) in [5.74, 6) is 0.224. The third kappa shape index (κ3) is 5.90. The molecule has 3 N–H and O–H groups in total. The number of rotatable bonds is 8. The fourth-order valence-corrected chi connectivity index (χ4v) is 5.66. The van der Waals surface area contributed by atoms with E-state index >= 15 is 0 Å². The molecule has 0 spiro atoms. The predicted octanol–water partition coefficient (Wildman–Crippen LogP) is 1.40. The Morgan fingerprint density at radius 1 is 1.12 bits per heavy atom. The Labute approximate surface area is 157 Å². The molecule has 0 amide bonds. The van der Waals surface area contributed by atoms with Crippen molar-refractivity contribution in [3.8, 4) is 0 Å². The maximum atomic E-state index is 12.8. The van der Waals surface area contributed by atoms with E-state index in [9.17, 15) is 16.8 Å². The van der Waals surface area contributed by atoms with E-state index in [1.54, 1.807) is 6.92 Å². The monoisotopic (exact) mass is 413 g/mol. The summed E-state index contributed by atoms with van der Waals surface area (Å²) < 4.78 is 54.1. The Hall–Kier alpha value is -0.710. The smallest absolute Gasteiger partial charge is 0.243 e. The molecule has 0 aromatic heterocycles. The van der Waals surface area contributed by atoms with Crippen LogP contribution in [0.2, 0.25) is 0 Å². The SMILES string of the molecule is CC(C)CC(C)(CN)NS(=O)(=O)c1ccccc1S(=O)(=O)N(C)C.Cl. The molecule has 1 atom stereocenters. The van der Waals surface area contributed by atoms with E-state index < -0.39 is 25.6 Å². The number of benzene rings is 1. The van der Waals surface area contributed by atoms with Crippen molar-refractivity contribution < 1.29 is 16.8 Å². The lowest BCUT2D eigenvalue weighted by molar-refractivity contribution is 0.344. The second-order valence-electron chi connectivity index (χ2n) is 6.70. The zero-order valence-electron chi connectivity index (χ0n) is 15.2. The molecule has 0 saturated carbocycles. The van der Waals surface area contributed by atoms with Crippen molar-refractivity contribution in [2.45, 2.75) is 42.5 Å². The molecule has 146 valence electrons. The van der Waals surface area contributed by atoms with Crippen molar-refractivity contribution in [3.63, 3.8) is 0 Å². The average molecular weight is 414 g/mol. The van der Waals surface area contributed by atoms with Crippen LogP contribution in [0.3, 0.4) is 0 Å². The minimum atomic E-state index is -4.06. The first-order valence-electron chi connectivity index (χ1n) is 7.61. The van der Waals surface area contributed by atoms with Crippen LogP contribution < -0.4 is 10.5 Å². The first-order valence-corrected chi connectivity index (χ1v) is 10.5. The summed E-state index contributed by atoms with van der Waals surface area (Å²) in [6.07, 6.45) is 0.533. The Balaban J connectivity index is 0.00000576. The second-order valence-corrected chi connectivity index (χ2v) is 10.5. The molecule has 0 heterocycles. The minimum absolute atomic E-state index is 0. The largest absolute Gasteiger partial charge is 0.329 e. The molecular formula is C15H28ClN3O4S2. The van der Waals surface area contributed by atoms with Crippen LogP contribution in [0.4, 0.5) is 0 Å². The molecule has 0 aliphatic rings. The Morgan fingerprint density at radius 2 is 1.60 bits per heavy atom. The van der Waals surface area contributed by atoms with Gasteiger partial charge in [0.25, 0.3) is 0 Å². The lowest BCUT2D eigenvalue weighted by Crippen LogP contribution is -2.52. The number of sulfonamides is 2. The van der Waals surface area contributed by atoms with Gasteiger partial charge in [-0.2, -0.15) is 0 Å². The van der Waals surface area contributed by atoms with Crippen molar-refractivity contribution in [3.05, 3.63) is 24.3 Å². The fourth-order valence-electron chi connectivity index (χ4n) is 2.53. The Bertz CT molecular complexity index is 780. The molecule has 7 nitrogen and oxygen atoms in total. The Morgan fingerprint density at radius 3 is 2.00 bits per heavy atom. The molecule has 1 unspecified atom stereocenters. The van der Waals surface area contributed by atoms with Crippen LogP contribution in [-0.2, 0) is 20.0 Å². The third-order valence-electron chi connectivity index (χ3n) is 3.59. The lowest BCUT2D eigenvalue weighted by atomic mass is 9.92. The topological polar surface area (TPSA) is 110 Å². The van der Waals surface area contributed by atoms with Gasteiger partial charge < -0.3 is 5.73 Å². The summed E-state index contributed by atoms with van der Waals surface area (Å²) in [4.78, 5) is -0.534. The normalized spacial score (nSPS) is 15.0. The summed E-state index contributed by atoms with van der Waals surface area (Å²) in [6.45, 7) is 5.75. The number of nitrogens with two attached hydrogens (primary N) is 1. The zero-order valence-corrected chi connectivity index (χ0v) is 17.6. The van der Waals surface area contributed by atoms with Gasteiger partial charge in [-0.25, -0.2) is 25.9 Å². The van der Waals surface area contributed by atoms with Crippen LogP contribution >= 0.6 is 12.4 Å². The number of nitrogens with one attached hydrogen (secondary N) is 1. The summed E-state index contributed by atoms with van der Waals surface area (Å²) in [5, 5.41) is 0. The van der Waals surface area contributed by atoms with E-state index in [0.717, 1.165) is 4.31 Å². The second kappa shape index (κ2) is 8.79. The molecule has 0 saturated heterocycles. The predicted molar refractivity (Wildman–Crippen MR) is 102 cm³/mol. The van der Waals surface area contributed by atoms with Crippen LogP contribution in [0, 0.1) is 5.92 Å². The highest BCUT2D eigenvalue weighted by molar-refractivity contribution is 7.92. The van der Waals surface area contributed by atoms with Crippen molar-refractivity contribution in [2.75, 3.05) is 20.6 Å². The minimum Gasteiger partial charge on any atom is -0.329 e. The average Bonchev–Trinajstić information content (AvgIpc) is 2.45. The van der Waals surface area contributed by atoms with E-state index in [2.05, 4.69) is 4.72 Å². The molecule has 0 aliphatic carbocycles. The van der Waals surface area contributed by atoms with Crippen molar-refractivity contribution in [2.24, 2.45) is 11.7 Å². The highest BCUT2D eigenvalue weighted by Crippen LogP contribution is 2.25. The summed E-state index contributed by atoms with van der Waals surface area (Å²) in [6, 6.07) is 5.55. The van der Waals surface area contributed by atoms with E-state index in [0.29, 0.717) is 6.42 Å². The standard InChI is InChI=1S/C15H27N3O4S2.ClH/c1-12(2)10-15(3,11-16)17-23(19,20)13-8-6-7-9-14(13)24(21,22)18(4)5;/h6-9,12,17H,10-11,16H2,1-5H3;1H. The van der Waals surface area contributed by atoms with Crippen molar-refractivity contribution in [1.82, 2.24) is 9.03 Å². The maximum Gasteiger partial charge on any atom is 0.243 e. The van der Waals surface area contributed by atoms with Crippen molar-refractivity contribution >= 4 is 32.5 Å². The van der Waals surface area contributed by atoms with Crippen LogP contribution in [0.15, 0.2) is 34.1 Å². The van der Waals surface area contributed by atoms with Crippen LogP contribution in [0.25, 0.3) is 0 Å². The van der Waals surface area contributed by atoms with Gasteiger partial charge in [0.1, 0.15) is 9.79 Å². The van der Waals surface area contributed by atoms with Gasteiger partial charge >= 0.3 is 0 Å². The fraction of sp³-hybridized carbons (Fsp3) is 0.600. The molecule has 1 aromatic rings. The first-order chi connectivity index (χ1) is 10.9. The third-order valence-corrected chi connectivity index (χ3v) is 7.29. The molecule has 0 bridgehead atoms. The molecule has 25 heavy (non-hydrogen) atoms. The van der Waals surface area contributed by atoms with Gasteiger partial charge in [0.05, 0.1) is 0 Å². The van der Waals surface area contributed by atoms with Crippen LogP contribution in [-0.4, -0.2) is 47.3 Å².